The summed E-state index contributed by atoms with van der Waals surface area (Å²) in [4.78, 5) is 0. The fraction of sp³-hybridized carbons (Fsp3) is 0.250. The van der Waals surface area contributed by atoms with Crippen LogP contribution in [0.3, 0.4) is 0 Å². The van der Waals surface area contributed by atoms with Crippen molar-refractivity contribution in [3.63, 3.8) is 0 Å². The van der Waals surface area contributed by atoms with Gasteiger partial charge in [0.25, 0.3) is 0 Å². The van der Waals surface area contributed by atoms with Crippen molar-refractivity contribution in [3.05, 3.63) is 59.4 Å². The van der Waals surface area contributed by atoms with Gasteiger partial charge in [-0.05, 0) is 30.7 Å². The average Bonchev–Trinajstić information content (AvgIpc) is 2.99. The summed E-state index contributed by atoms with van der Waals surface area (Å²) in [5, 5.41) is 0. The predicted octanol–water partition coefficient (Wildman–Crippen LogP) is -2.11. The summed E-state index contributed by atoms with van der Waals surface area (Å²) >= 11 is 1.23. The van der Waals surface area contributed by atoms with Gasteiger partial charge in [-0.3, -0.25) is 0 Å². The molecule has 0 N–H and O–H groups in total. The molecule has 1 aliphatic carbocycles. The molecule has 0 radical (unpaired) electrons. The molecule has 0 unspecified atom stereocenters. The molecule has 2 aromatic rings. The van der Waals surface area contributed by atoms with Crippen LogP contribution in [0.25, 0.3) is 11.8 Å². The second-order valence-electron chi connectivity index (χ2n) is 5.26. The summed E-state index contributed by atoms with van der Waals surface area (Å²) in [5.74, 6) is 0. The molecule has 0 atom stereocenters. The van der Waals surface area contributed by atoms with E-state index in [1.54, 1.807) is 0 Å². The maximum absolute atomic E-state index is 4.98. The molecule has 0 amide bonds. The molecule has 0 aliphatic heterocycles. The van der Waals surface area contributed by atoms with Crippen LogP contribution in [0.15, 0.2) is 48.2 Å². The molecular weight excluding hydrogens is 412 g/mol. The second kappa shape index (κ2) is 10.6. The molecule has 0 saturated heterocycles. The number of nitrogens with zero attached hydrogens (tertiary/aromatic N) is 1. The Balaban J connectivity index is 0.000000559. The van der Waals surface area contributed by atoms with E-state index in [0.717, 1.165) is 6.42 Å². The Kier molecular flexibility index (Phi) is 10.6. The maximum Gasteiger partial charge on any atom is -1.00 e. The molecule has 0 spiro atoms. The minimum absolute atomic E-state index is 0. The molecule has 1 aliphatic rings. The molecule has 0 fully saturated rings. The Morgan fingerprint density at radius 3 is 2.23 bits per heavy atom. The van der Waals surface area contributed by atoms with E-state index in [-0.39, 0.29) is 24.8 Å². The third kappa shape index (κ3) is 5.82. The fourth-order valence-corrected chi connectivity index (χ4v) is 2.21. The predicted molar refractivity (Wildman–Crippen MR) is 83.1 cm³/mol. The van der Waals surface area contributed by atoms with Crippen molar-refractivity contribution < 1.29 is 52.5 Å². The third-order valence-electron chi connectivity index (χ3n) is 3.15. The van der Waals surface area contributed by atoms with Gasteiger partial charge in [-0.2, -0.15) is 0 Å². The van der Waals surface area contributed by atoms with Crippen molar-refractivity contribution in [1.82, 2.24) is 4.57 Å². The maximum atomic E-state index is 4.98. The number of benzene rings is 1. The zero-order valence-electron chi connectivity index (χ0n) is 13.0. The van der Waals surface area contributed by atoms with Crippen LogP contribution in [0, 0.1) is 0 Å². The molecule has 1 aromatic carbocycles. The topological polar surface area (TPSA) is 14.2 Å². The van der Waals surface area contributed by atoms with Crippen LogP contribution in [0.4, 0.5) is 0 Å². The SMILES string of the molecule is CC1=Cc2ccn(-c3ccccc3)c2C1.C[SiH](C)[O][Zr+2].[Cl-].[Cl-]. The molecular formula is C16H20Cl2NOSiZr. The van der Waals surface area contributed by atoms with Gasteiger partial charge in [-0.25, -0.2) is 0 Å². The standard InChI is InChI=1S/C14H13N.C2H7OSi.2ClH.Zr/c1-11-9-12-7-8-15(14(12)10-11)13-5-3-2-4-6-13;1-4(2)3;;;/h2-9H,10H2,1H3;4H,1-2H3;2*1H;/q;-1;;;+3/p-2. The Morgan fingerprint density at radius 2 is 1.68 bits per heavy atom. The second-order valence-corrected chi connectivity index (χ2v) is 9.33. The van der Waals surface area contributed by atoms with E-state index < -0.39 is 9.04 Å². The van der Waals surface area contributed by atoms with Crippen molar-refractivity contribution in [2.24, 2.45) is 0 Å². The largest absolute Gasteiger partial charge is 1.00 e. The van der Waals surface area contributed by atoms with Crippen molar-refractivity contribution in [3.8, 4) is 5.69 Å². The van der Waals surface area contributed by atoms with Crippen LogP contribution >= 0.6 is 0 Å². The van der Waals surface area contributed by atoms with Crippen LogP contribution in [-0.2, 0) is 34.1 Å². The minimum atomic E-state index is -0.610. The van der Waals surface area contributed by atoms with Gasteiger partial charge in [0.2, 0.25) is 0 Å². The first-order valence-corrected chi connectivity index (χ1v) is 10.7. The van der Waals surface area contributed by atoms with Gasteiger partial charge in [0.15, 0.2) is 0 Å². The normalized spacial score (nSPS) is 11.6. The monoisotopic (exact) mass is 430 g/mol. The number of hydrogen-bond acceptors (Lipinski definition) is 1. The number of halogens is 2. The van der Waals surface area contributed by atoms with Crippen molar-refractivity contribution in [2.45, 2.75) is 26.4 Å². The number of fused-ring (bicyclic) bond motifs is 1. The van der Waals surface area contributed by atoms with Gasteiger partial charge in [-0.15, -0.1) is 0 Å². The van der Waals surface area contributed by atoms with E-state index in [1.165, 1.54) is 47.7 Å². The fourth-order valence-electron chi connectivity index (χ4n) is 2.21. The minimum Gasteiger partial charge on any atom is -1.00 e. The molecule has 117 valence electrons. The first-order chi connectivity index (χ1) is 9.61. The molecule has 6 heteroatoms. The summed E-state index contributed by atoms with van der Waals surface area (Å²) in [6.45, 7) is 6.51. The quantitative estimate of drug-likeness (QED) is 0.496. The van der Waals surface area contributed by atoms with Crippen molar-refractivity contribution in [2.75, 3.05) is 0 Å². The number of hydrogen-bond donors (Lipinski definition) is 0. The summed E-state index contributed by atoms with van der Waals surface area (Å²) in [7, 11) is -0.610. The molecule has 3 rings (SSSR count). The average molecular weight is 433 g/mol. The summed E-state index contributed by atoms with van der Waals surface area (Å²) in [6.07, 6.45) is 5.51. The Hall–Kier alpha value is -0.120. The summed E-state index contributed by atoms with van der Waals surface area (Å²) in [5.41, 5.74) is 5.49. The van der Waals surface area contributed by atoms with Gasteiger partial charge in [0.05, 0.1) is 0 Å². The molecule has 1 heterocycles. The first kappa shape index (κ1) is 21.9. The summed E-state index contributed by atoms with van der Waals surface area (Å²) < 4.78 is 7.26. The zero-order valence-corrected chi connectivity index (χ0v) is 18.1. The van der Waals surface area contributed by atoms with E-state index >= 15 is 0 Å². The van der Waals surface area contributed by atoms with E-state index in [1.807, 2.05) is 0 Å². The van der Waals surface area contributed by atoms with Gasteiger partial charge in [-0.1, -0.05) is 29.8 Å². The number of allylic oxidation sites excluding steroid dienone is 1. The zero-order chi connectivity index (χ0) is 14.5. The van der Waals surface area contributed by atoms with Crippen molar-refractivity contribution >= 4 is 15.1 Å². The van der Waals surface area contributed by atoms with Crippen LogP contribution < -0.4 is 24.8 Å². The van der Waals surface area contributed by atoms with Crippen LogP contribution in [0.5, 0.6) is 0 Å². The molecule has 1 aromatic heterocycles. The molecule has 2 nitrogen and oxygen atoms in total. The van der Waals surface area contributed by atoms with Crippen LogP contribution in [0.2, 0.25) is 13.1 Å². The Labute approximate surface area is 163 Å². The van der Waals surface area contributed by atoms with Gasteiger partial charge >= 0.3 is 49.8 Å². The Bertz CT molecular complexity index is 599. The molecule has 0 saturated carbocycles. The smallest absolute Gasteiger partial charge is 1.00 e. The molecule has 0 bridgehead atoms. The van der Waals surface area contributed by atoms with Crippen molar-refractivity contribution in [1.29, 1.82) is 0 Å². The number of rotatable bonds is 2. The number of aromatic nitrogens is 1. The van der Waals surface area contributed by atoms with E-state index in [9.17, 15) is 0 Å². The number of para-hydroxylation sites is 1. The van der Waals surface area contributed by atoms with E-state index in [4.69, 9.17) is 2.50 Å². The van der Waals surface area contributed by atoms with Gasteiger partial charge in [0.1, 0.15) is 0 Å². The first-order valence-electron chi connectivity index (χ1n) is 6.87. The van der Waals surface area contributed by atoms with Gasteiger partial charge < -0.3 is 29.4 Å². The molecule has 22 heavy (non-hydrogen) atoms. The Morgan fingerprint density at radius 1 is 1.09 bits per heavy atom. The summed E-state index contributed by atoms with van der Waals surface area (Å²) in [6, 6.07) is 12.7. The van der Waals surface area contributed by atoms with E-state index in [2.05, 4.69) is 73.3 Å². The van der Waals surface area contributed by atoms with E-state index in [0.29, 0.717) is 0 Å². The van der Waals surface area contributed by atoms with Crippen LogP contribution in [0.1, 0.15) is 18.2 Å². The van der Waals surface area contributed by atoms with Crippen LogP contribution in [-0.4, -0.2) is 13.6 Å². The third-order valence-corrected chi connectivity index (χ3v) is 7.09. The van der Waals surface area contributed by atoms with Gasteiger partial charge in [0, 0.05) is 24.0 Å².